The number of methoxy groups -OCH3 is 1. The third kappa shape index (κ3) is 5.56. The third-order valence-corrected chi connectivity index (χ3v) is 4.46. The van der Waals surface area contributed by atoms with Gasteiger partial charge in [-0.1, -0.05) is 13.8 Å². The zero-order valence-electron chi connectivity index (χ0n) is 16.3. The van der Waals surface area contributed by atoms with Gasteiger partial charge < -0.3 is 9.84 Å². The van der Waals surface area contributed by atoms with Crippen molar-refractivity contribution in [3.8, 4) is 11.5 Å². The fourth-order valence-corrected chi connectivity index (χ4v) is 2.63. The van der Waals surface area contributed by atoms with Crippen molar-refractivity contribution in [3.05, 3.63) is 59.2 Å². The molecule has 0 atom stereocenters. The summed E-state index contributed by atoms with van der Waals surface area (Å²) < 4.78 is 5.09. The summed E-state index contributed by atoms with van der Waals surface area (Å²) in [6.07, 6.45) is 0. The molecule has 0 aliphatic carbocycles. The molecule has 144 valence electrons. The first-order valence-corrected chi connectivity index (χ1v) is 9.01. The van der Waals surface area contributed by atoms with Crippen LogP contribution in [0.15, 0.2) is 47.6 Å². The molecule has 2 aromatic rings. The zero-order chi connectivity index (χ0) is 19.8. The molecule has 2 rings (SSSR count). The van der Waals surface area contributed by atoms with Crippen molar-refractivity contribution in [3.63, 3.8) is 0 Å². The molecule has 27 heavy (non-hydrogen) atoms. The Balaban J connectivity index is 2.11. The molecule has 0 bridgehead atoms. The molecule has 1 amide bonds. The van der Waals surface area contributed by atoms with E-state index < -0.39 is 0 Å². The number of hydrogen-bond donors (Lipinski definition) is 2. The highest BCUT2D eigenvalue weighted by molar-refractivity contribution is 6.01. The van der Waals surface area contributed by atoms with E-state index in [9.17, 15) is 9.90 Å². The van der Waals surface area contributed by atoms with E-state index in [1.165, 1.54) is 0 Å². The Hall–Kier alpha value is -2.86. The minimum absolute atomic E-state index is 0.265. The van der Waals surface area contributed by atoms with Crippen molar-refractivity contribution < 1.29 is 14.6 Å². The molecule has 0 aliphatic heterocycles. The lowest BCUT2D eigenvalue weighted by molar-refractivity contribution is 0.0955. The number of carbonyl (C=O) groups excluding carboxylic acids is 1. The van der Waals surface area contributed by atoms with Gasteiger partial charge in [0.05, 0.1) is 12.8 Å². The summed E-state index contributed by atoms with van der Waals surface area (Å²) in [6.45, 7) is 8.48. The van der Waals surface area contributed by atoms with E-state index in [1.807, 2.05) is 13.0 Å². The van der Waals surface area contributed by atoms with Gasteiger partial charge in [0, 0.05) is 17.7 Å². The summed E-state index contributed by atoms with van der Waals surface area (Å²) in [5.41, 5.74) is 5.42. The van der Waals surface area contributed by atoms with Crippen LogP contribution in [-0.2, 0) is 6.54 Å². The summed E-state index contributed by atoms with van der Waals surface area (Å²) in [5, 5.41) is 14.3. The van der Waals surface area contributed by atoms with Gasteiger partial charge in [-0.3, -0.25) is 9.69 Å². The molecule has 6 nitrogen and oxygen atoms in total. The first-order chi connectivity index (χ1) is 13.0. The van der Waals surface area contributed by atoms with Crippen molar-refractivity contribution in [2.75, 3.05) is 20.2 Å². The van der Waals surface area contributed by atoms with E-state index in [2.05, 4.69) is 29.3 Å². The monoisotopic (exact) mass is 369 g/mol. The molecule has 0 radical (unpaired) electrons. The number of rotatable bonds is 8. The molecular formula is C21H27N3O3. The third-order valence-electron chi connectivity index (χ3n) is 4.46. The maximum absolute atomic E-state index is 12.2. The number of amides is 1. The van der Waals surface area contributed by atoms with Crippen LogP contribution in [0.4, 0.5) is 0 Å². The van der Waals surface area contributed by atoms with E-state index in [-0.39, 0.29) is 11.7 Å². The number of phenolic OH excluding ortho intramolecular Hbond substituents is 1. The summed E-state index contributed by atoms with van der Waals surface area (Å²) in [4.78, 5) is 14.4. The van der Waals surface area contributed by atoms with Crippen LogP contribution in [-0.4, -0.2) is 41.8 Å². The number of phenols is 1. The van der Waals surface area contributed by atoms with Crippen LogP contribution in [0.5, 0.6) is 11.5 Å². The van der Waals surface area contributed by atoms with Crippen molar-refractivity contribution in [2.24, 2.45) is 5.10 Å². The number of aromatic hydroxyl groups is 1. The Labute approximate surface area is 160 Å². The lowest BCUT2D eigenvalue weighted by Gasteiger charge is -2.19. The predicted octanol–water partition coefficient (Wildman–Crippen LogP) is 3.40. The minimum Gasteiger partial charge on any atom is -0.508 e. The van der Waals surface area contributed by atoms with Gasteiger partial charge in [-0.25, -0.2) is 5.43 Å². The van der Waals surface area contributed by atoms with Crippen LogP contribution in [0.25, 0.3) is 0 Å². The highest BCUT2D eigenvalue weighted by Crippen LogP contribution is 2.21. The summed E-state index contributed by atoms with van der Waals surface area (Å²) in [5.74, 6) is 0.663. The normalized spacial score (nSPS) is 11.5. The van der Waals surface area contributed by atoms with Gasteiger partial charge >= 0.3 is 0 Å². The number of nitrogens with one attached hydrogen (secondary N) is 1. The fourth-order valence-electron chi connectivity index (χ4n) is 2.63. The first kappa shape index (κ1) is 20.5. The van der Waals surface area contributed by atoms with E-state index in [0.29, 0.717) is 23.6 Å². The number of nitrogens with zero attached hydrogens (tertiary/aromatic N) is 2. The topological polar surface area (TPSA) is 74.2 Å². The quantitative estimate of drug-likeness (QED) is 0.552. The van der Waals surface area contributed by atoms with E-state index >= 15 is 0 Å². The highest BCUT2D eigenvalue weighted by atomic mass is 16.5. The van der Waals surface area contributed by atoms with Gasteiger partial charge in [-0.05, 0) is 68.0 Å². The summed E-state index contributed by atoms with van der Waals surface area (Å²) in [6, 6.07) is 12.2. The molecule has 0 saturated carbocycles. The van der Waals surface area contributed by atoms with Gasteiger partial charge in [0.15, 0.2) is 0 Å². The first-order valence-electron chi connectivity index (χ1n) is 9.01. The largest absolute Gasteiger partial charge is 0.508 e. The maximum Gasteiger partial charge on any atom is 0.271 e. The number of ether oxygens (including phenoxy) is 1. The predicted molar refractivity (Wildman–Crippen MR) is 107 cm³/mol. The Morgan fingerprint density at radius 3 is 2.33 bits per heavy atom. The van der Waals surface area contributed by atoms with Crippen LogP contribution in [0.2, 0.25) is 0 Å². The Bertz CT molecular complexity index is 797. The van der Waals surface area contributed by atoms with Gasteiger partial charge in [0.25, 0.3) is 5.91 Å². The lowest BCUT2D eigenvalue weighted by Crippen LogP contribution is -2.22. The van der Waals surface area contributed by atoms with Gasteiger partial charge in [0.2, 0.25) is 0 Å². The number of hydrazone groups is 1. The average Bonchev–Trinajstić information content (AvgIpc) is 2.71. The van der Waals surface area contributed by atoms with Crippen LogP contribution in [0.3, 0.4) is 0 Å². The molecule has 0 fully saturated rings. The molecule has 0 aromatic heterocycles. The molecular weight excluding hydrogens is 342 g/mol. The number of hydrogen-bond acceptors (Lipinski definition) is 5. The zero-order valence-corrected chi connectivity index (χ0v) is 16.3. The van der Waals surface area contributed by atoms with Gasteiger partial charge in [0.1, 0.15) is 11.5 Å². The van der Waals surface area contributed by atoms with Crippen molar-refractivity contribution >= 4 is 11.6 Å². The Morgan fingerprint density at radius 1 is 1.11 bits per heavy atom. The van der Waals surface area contributed by atoms with Crippen LogP contribution in [0.1, 0.15) is 42.3 Å². The summed E-state index contributed by atoms with van der Waals surface area (Å²) in [7, 11) is 1.58. The molecule has 2 N–H and O–H groups in total. The molecule has 0 aliphatic rings. The van der Waals surface area contributed by atoms with E-state index in [1.54, 1.807) is 43.5 Å². The van der Waals surface area contributed by atoms with Crippen molar-refractivity contribution in [1.29, 1.82) is 0 Å². The minimum atomic E-state index is -0.292. The molecule has 6 heteroatoms. The molecule has 0 unspecified atom stereocenters. The second-order valence-electron chi connectivity index (χ2n) is 6.17. The van der Waals surface area contributed by atoms with Gasteiger partial charge in [-0.2, -0.15) is 5.10 Å². The van der Waals surface area contributed by atoms with Gasteiger partial charge in [-0.15, -0.1) is 0 Å². The summed E-state index contributed by atoms with van der Waals surface area (Å²) >= 11 is 0. The second kappa shape index (κ2) is 9.73. The van der Waals surface area contributed by atoms with E-state index in [4.69, 9.17) is 4.74 Å². The molecule has 0 saturated heterocycles. The Morgan fingerprint density at radius 2 is 1.74 bits per heavy atom. The molecule has 0 spiro atoms. The van der Waals surface area contributed by atoms with E-state index in [0.717, 1.165) is 24.2 Å². The van der Waals surface area contributed by atoms with Crippen molar-refractivity contribution in [1.82, 2.24) is 10.3 Å². The van der Waals surface area contributed by atoms with Crippen LogP contribution < -0.4 is 10.2 Å². The fraction of sp³-hybridized carbons (Fsp3) is 0.333. The molecule has 0 heterocycles. The molecule has 2 aromatic carbocycles. The van der Waals surface area contributed by atoms with Crippen molar-refractivity contribution in [2.45, 2.75) is 27.3 Å². The number of benzene rings is 2. The smallest absolute Gasteiger partial charge is 0.271 e. The second-order valence-corrected chi connectivity index (χ2v) is 6.17. The number of carbonyl (C=O) groups is 1. The Kier molecular flexibility index (Phi) is 7.37. The average molecular weight is 369 g/mol. The standard InChI is InChI=1S/C21H27N3O3/c1-5-24(6-2)14-18-13-17(9-12-20(18)25)15(3)22-23-21(26)16-7-10-19(27-4)11-8-16/h7-13,25H,5-6,14H2,1-4H3,(H,23,26)/b22-15+. The lowest BCUT2D eigenvalue weighted by atomic mass is 10.1. The van der Waals surface area contributed by atoms with Crippen LogP contribution in [0, 0.1) is 0 Å². The SMILES string of the molecule is CCN(CC)Cc1cc(/C(C)=N/NC(=O)c2ccc(OC)cc2)ccc1O. The van der Waals surface area contributed by atoms with Crippen LogP contribution >= 0.6 is 0 Å². The maximum atomic E-state index is 12.2. The highest BCUT2D eigenvalue weighted by Gasteiger charge is 2.09.